The molecule has 0 saturated carbocycles. The van der Waals surface area contributed by atoms with Crippen molar-refractivity contribution in [2.24, 2.45) is 0 Å². The van der Waals surface area contributed by atoms with Gasteiger partial charge in [-0.1, -0.05) is 105 Å². The fraction of sp³-hybridized carbons (Fsp3) is 0.367. The number of amides is 1. The van der Waals surface area contributed by atoms with Crippen LogP contribution < -0.4 is 10.1 Å². The lowest BCUT2D eigenvalue weighted by molar-refractivity contribution is -0.121. The summed E-state index contributed by atoms with van der Waals surface area (Å²) in [6, 6.07) is 28.7. The van der Waals surface area contributed by atoms with Crippen molar-refractivity contribution in [2.75, 3.05) is 6.61 Å². The van der Waals surface area contributed by atoms with Crippen LogP contribution in [0.25, 0.3) is 0 Å². The molecule has 0 aliphatic carbocycles. The zero-order chi connectivity index (χ0) is 23.1. The number of unbranched alkanes of at least 4 members (excludes halogenated alkanes) is 4. The lowest BCUT2D eigenvalue weighted by Crippen LogP contribution is -2.30. The lowest BCUT2D eigenvalue weighted by Gasteiger charge is -2.19. The molecule has 0 spiro atoms. The molecule has 0 aliphatic rings. The van der Waals surface area contributed by atoms with Crippen molar-refractivity contribution < 1.29 is 9.53 Å². The molecule has 3 aromatic carbocycles. The van der Waals surface area contributed by atoms with Gasteiger partial charge in [-0.2, -0.15) is 0 Å². The maximum atomic E-state index is 12.8. The number of aryl methyl sites for hydroxylation is 1. The van der Waals surface area contributed by atoms with E-state index in [2.05, 4.69) is 48.6 Å². The van der Waals surface area contributed by atoms with Crippen molar-refractivity contribution in [1.29, 1.82) is 0 Å². The maximum Gasteiger partial charge on any atom is 0.220 e. The van der Waals surface area contributed by atoms with Crippen molar-refractivity contribution in [3.05, 3.63) is 102 Å². The quantitative estimate of drug-likeness (QED) is 0.271. The van der Waals surface area contributed by atoms with E-state index in [-0.39, 0.29) is 11.9 Å². The molecule has 0 heterocycles. The van der Waals surface area contributed by atoms with Gasteiger partial charge in [-0.15, -0.1) is 0 Å². The molecule has 0 saturated heterocycles. The number of ether oxygens (including phenoxy) is 1. The number of benzene rings is 3. The first-order chi connectivity index (χ1) is 16.2. The molecule has 1 unspecified atom stereocenters. The highest BCUT2D eigenvalue weighted by atomic mass is 16.5. The Kier molecular flexibility index (Phi) is 10.5. The van der Waals surface area contributed by atoms with Crippen molar-refractivity contribution in [1.82, 2.24) is 5.32 Å². The third-order valence-electron chi connectivity index (χ3n) is 5.90. The van der Waals surface area contributed by atoms with Gasteiger partial charge >= 0.3 is 0 Å². The first-order valence-electron chi connectivity index (χ1n) is 12.3. The average Bonchev–Trinajstić information content (AvgIpc) is 2.86. The highest BCUT2D eigenvalue weighted by molar-refractivity contribution is 5.76. The van der Waals surface area contributed by atoms with Crippen molar-refractivity contribution in [3.63, 3.8) is 0 Å². The van der Waals surface area contributed by atoms with Crippen LogP contribution in [0.4, 0.5) is 0 Å². The number of hydrogen-bond acceptors (Lipinski definition) is 2. The van der Waals surface area contributed by atoms with Crippen LogP contribution in [-0.2, 0) is 17.6 Å². The molecule has 0 aliphatic heterocycles. The number of rotatable bonds is 14. The van der Waals surface area contributed by atoms with E-state index in [0.717, 1.165) is 42.7 Å². The highest BCUT2D eigenvalue weighted by Crippen LogP contribution is 2.19. The van der Waals surface area contributed by atoms with Crippen molar-refractivity contribution in [3.8, 4) is 5.75 Å². The van der Waals surface area contributed by atoms with Crippen LogP contribution >= 0.6 is 0 Å². The molecule has 3 nitrogen and oxygen atoms in total. The van der Waals surface area contributed by atoms with Crippen LogP contribution in [0.15, 0.2) is 84.9 Å². The molecule has 3 heteroatoms. The third-order valence-corrected chi connectivity index (χ3v) is 5.90. The second-order valence-corrected chi connectivity index (χ2v) is 8.63. The summed E-state index contributed by atoms with van der Waals surface area (Å²) < 4.78 is 5.85. The third kappa shape index (κ3) is 9.13. The molecule has 33 heavy (non-hydrogen) atoms. The summed E-state index contributed by atoms with van der Waals surface area (Å²) in [6.45, 7) is 3.00. The summed E-state index contributed by atoms with van der Waals surface area (Å²) in [6.07, 6.45) is 8.16. The molecule has 1 amide bonds. The number of carbonyl (C=O) groups excluding carboxylic acids is 1. The van der Waals surface area contributed by atoms with E-state index in [4.69, 9.17) is 4.74 Å². The fourth-order valence-electron chi connectivity index (χ4n) is 3.96. The molecule has 3 aromatic rings. The van der Waals surface area contributed by atoms with Gasteiger partial charge in [0, 0.05) is 6.42 Å². The Hall–Kier alpha value is -3.07. The summed E-state index contributed by atoms with van der Waals surface area (Å²) in [5, 5.41) is 3.25. The van der Waals surface area contributed by atoms with Gasteiger partial charge in [-0.25, -0.2) is 0 Å². The van der Waals surface area contributed by atoms with Gasteiger partial charge in [0.1, 0.15) is 5.75 Å². The summed E-state index contributed by atoms with van der Waals surface area (Å²) in [5.41, 5.74) is 3.50. The second-order valence-electron chi connectivity index (χ2n) is 8.63. The zero-order valence-electron chi connectivity index (χ0n) is 19.8. The lowest BCUT2D eigenvalue weighted by atomic mass is 9.98. The largest absolute Gasteiger partial charge is 0.494 e. The first-order valence-corrected chi connectivity index (χ1v) is 12.3. The topological polar surface area (TPSA) is 38.3 Å². The molecule has 1 N–H and O–H groups in total. The Balaban J connectivity index is 1.46. The predicted molar refractivity (Wildman–Crippen MR) is 136 cm³/mol. The van der Waals surface area contributed by atoms with E-state index in [1.54, 1.807) is 0 Å². The standard InChI is InChI=1S/C30H37NO2/c1-2-3-4-5-12-23-33-28-20-17-25(18-21-28)19-22-30(32)31-29(27-15-10-7-11-16-27)24-26-13-8-6-9-14-26/h6-11,13-18,20-21,29H,2-5,12,19,22-24H2,1H3,(H,31,32). The van der Waals surface area contributed by atoms with E-state index in [0.29, 0.717) is 6.42 Å². The highest BCUT2D eigenvalue weighted by Gasteiger charge is 2.15. The molecule has 1 atom stereocenters. The summed E-state index contributed by atoms with van der Waals surface area (Å²) in [4.78, 5) is 12.8. The van der Waals surface area contributed by atoms with Crippen LogP contribution in [0.1, 0.15) is 68.2 Å². The molecule has 0 bridgehead atoms. The van der Waals surface area contributed by atoms with Crippen LogP contribution in [-0.4, -0.2) is 12.5 Å². The van der Waals surface area contributed by atoms with Gasteiger partial charge in [0.25, 0.3) is 0 Å². The van der Waals surface area contributed by atoms with E-state index >= 15 is 0 Å². The molecule has 0 radical (unpaired) electrons. The van der Waals surface area contributed by atoms with Gasteiger partial charge in [-0.3, -0.25) is 4.79 Å². The van der Waals surface area contributed by atoms with Gasteiger partial charge in [-0.05, 0) is 48.1 Å². The average molecular weight is 444 g/mol. The monoisotopic (exact) mass is 443 g/mol. The van der Waals surface area contributed by atoms with E-state index in [9.17, 15) is 4.79 Å². The summed E-state index contributed by atoms with van der Waals surface area (Å²) in [5.74, 6) is 0.984. The molecule has 3 rings (SSSR count). The van der Waals surface area contributed by atoms with Crippen LogP contribution in [0.5, 0.6) is 5.75 Å². The number of carbonyl (C=O) groups is 1. The summed E-state index contributed by atoms with van der Waals surface area (Å²) in [7, 11) is 0. The van der Waals surface area contributed by atoms with Gasteiger partial charge in [0.2, 0.25) is 5.91 Å². The zero-order valence-corrected chi connectivity index (χ0v) is 19.8. The molecule has 0 aromatic heterocycles. The normalized spacial score (nSPS) is 11.7. The molecular weight excluding hydrogens is 406 g/mol. The SMILES string of the molecule is CCCCCCCOc1ccc(CCC(=O)NC(Cc2ccccc2)c2ccccc2)cc1. The van der Waals surface area contributed by atoms with Crippen molar-refractivity contribution >= 4 is 5.91 Å². The van der Waals surface area contributed by atoms with Gasteiger partial charge in [0.05, 0.1) is 12.6 Å². The van der Waals surface area contributed by atoms with E-state index in [1.165, 1.54) is 31.2 Å². The van der Waals surface area contributed by atoms with Crippen LogP contribution in [0, 0.1) is 0 Å². The number of hydrogen-bond donors (Lipinski definition) is 1. The smallest absolute Gasteiger partial charge is 0.220 e. The second kappa shape index (κ2) is 14.2. The van der Waals surface area contributed by atoms with E-state index < -0.39 is 0 Å². The minimum absolute atomic E-state index is 0.0331. The Morgan fingerprint density at radius 3 is 2.15 bits per heavy atom. The van der Waals surface area contributed by atoms with Crippen LogP contribution in [0.2, 0.25) is 0 Å². The number of nitrogens with one attached hydrogen (secondary N) is 1. The van der Waals surface area contributed by atoms with E-state index in [1.807, 2.05) is 48.5 Å². The summed E-state index contributed by atoms with van der Waals surface area (Å²) >= 11 is 0. The Labute approximate surface area is 199 Å². The van der Waals surface area contributed by atoms with Gasteiger partial charge in [0.15, 0.2) is 0 Å². The Bertz CT molecular complexity index is 923. The molecule has 0 fully saturated rings. The van der Waals surface area contributed by atoms with Gasteiger partial charge < -0.3 is 10.1 Å². The fourth-order valence-corrected chi connectivity index (χ4v) is 3.96. The predicted octanol–water partition coefficient (Wildman–Crippen LogP) is 7.07. The van der Waals surface area contributed by atoms with Crippen LogP contribution in [0.3, 0.4) is 0 Å². The molecular formula is C30H37NO2. The minimum Gasteiger partial charge on any atom is -0.494 e. The first kappa shape index (κ1) is 24.6. The maximum absolute atomic E-state index is 12.8. The molecule has 174 valence electrons. The Morgan fingerprint density at radius 1 is 0.788 bits per heavy atom. The minimum atomic E-state index is -0.0331. The van der Waals surface area contributed by atoms with Crippen molar-refractivity contribution in [2.45, 2.75) is 64.3 Å². The Morgan fingerprint density at radius 2 is 1.45 bits per heavy atom.